The van der Waals surface area contributed by atoms with Crippen LogP contribution in [0.3, 0.4) is 0 Å². The van der Waals surface area contributed by atoms with Crippen LogP contribution in [0.2, 0.25) is 0 Å². The molecule has 15 N–H and O–H groups in total. The molecule has 32 heteroatoms. The van der Waals surface area contributed by atoms with Crippen LogP contribution in [0.25, 0.3) is 10.9 Å². The fourth-order valence-corrected chi connectivity index (χ4v) is 9.83. The van der Waals surface area contributed by atoms with E-state index in [0.717, 1.165) is 12.1 Å². The number of nitrogens with one attached hydrogen (secondary N) is 7. The summed E-state index contributed by atoms with van der Waals surface area (Å²) in [4.78, 5) is 165. The lowest BCUT2D eigenvalue weighted by Gasteiger charge is -2.31. The molecule has 466 valence electrons. The number of primary amides is 1. The van der Waals surface area contributed by atoms with Gasteiger partial charge in [0.2, 0.25) is 53.2 Å². The first kappa shape index (κ1) is 69.9. The number of para-hydroxylation sites is 1. The zero-order valence-electron chi connectivity index (χ0n) is 46.6. The molecule has 0 aliphatic rings. The Hall–Kier alpha value is -8.59. The number of carboxylic acids is 3. The van der Waals surface area contributed by atoms with Crippen LogP contribution >= 0.6 is 23.5 Å². The highest BCUT2D eigenvalue weighted by atomic mass is 32.3. The summed E-state index contributed by atoms with van der Waals surface area (Å²) < 4.78 is 36.0. The van der Waals surface area contributed by atoms with Crippen molar-refractivity contribution < 1.29 is 90.0 Å². The van der Waals surface area contributed by atoms with Gasteiger partial charge in [-0.05, 0) is 78.2 Å². The smallest absolute Gasteiger partial charge is 0.446 e. The van der Waals surface area contributed by atoms with Crippen molar-refractivity contribution in [1.29, 1.82) is 0 Å². The molecular formula is C54H68N10O19S3. The van der Waals surface area contributed by atoms with Crippen LogP contribution < -0.4 is 47.6 Å². The molecule has 0 radical (unpaired) electrons. The number of aliphatic carboxylic acids is 3. The quantitative estimate of drug-likeness (QED) is 0.0245. The van der Waals surface area contributed by atoms with E-state index in [1.54, 1.807) is 67.1 Å². The standard InChI is InChI=1S/C54H68N10O19S3/c1-84-21-19-37(59-52(77)40(62-49(74)35(55)26-46(69)70)24-31-15-17-33(18-16-31)83-86(80,81)82)50(75)58-29-44(66)64(43(65)13-8-14-45(67)68)42(25-32-28-57-36-12-7-6-11-34(32)36)54(79)60-38(20-22-85-2)51(76)63-41(27-47(71)72)53(78)61-39(48(56)73)23-30-9-4-3-5-10-30/h3-7,9-12,15-18,28,35,37-42,57H,8,13-14,19-27,29,55H2,1-2H3,(H2,56,73)(H,58,75)(H,59,77)(H,60,79)(H,61,78)(H,62,74)(H,63,76)(H,67,68)(H,69,70)(H,71,72)(H,80,81,82)/t35-,37-,38-,39-,40-,41-,42-/m0/s1. The van der Waals surface area contributed by atoms with Gasteiger partial charge in [0.1, 0.15) is 42.0 Å². The van der Waals surface area contributed by atoms with Gasteiger partial charge in [-0.2, -0.15) is 31.9 Å². The van der Waals surface area contributed by atoms with Crippen LogP contribution in [0.15, 0.2) is 85.1 Å². The van der Waals surface area contributed by atoms with Crippen molar-refractivity contribution >= 4 is 116 Å². The normalized spacial score (nSPS) is 13.6. The van der Waals surface area contributed by atoms with Gasteiger partial charge in [-0.25, -0.2) is 0 Å². The number of aromatic nitrogens is 1. The van der Waals surface area contributed by atoms with Crippen molar-refractivity contribution in [3.05, 3.63) is 102 Å². The SMILES string of the molecule is CSCC[C@H](NC(=O)[C@H](Cc1ccc(OS(=O)(=O)O)cc1)NC(=O)[C@@H](N)CC(=O)O)C(=O)NCC(=O)N(C(=O)CCCC(=O)O)[C@@H](Cc1c[nH]c2ccccc12)C(=O)N[C@@H](CCSC)C(=O)N[C@@H](CC(=O)O)C(=O)N[C@@H](Cc1ccccc1)C(N)=O. The molecule has 4 rings (SSSR count). The lowest BCUT2D eigenvalue weighted by Crippen LogP contribution is -2.61. The molecule has 0 bridgehead atoms. The molecule has 9 amide bonds. The molecule has 0 unspecified atom stereocenters. The second-order valence-corrected chi connectivity index (χ2v) is 22.3. The minimum atomic E-state index is -4.92. The maximum absolute atomic E-state index is 15.0. The first-order chi connectivity index (χ1) is 40.7. The summed E-state index contributed by atoms with van der Waals surface area (Å²) in [7, 11) is -4.92. The number of fused-ring (bicyclic) bond motifs is 1. The lowest BCUT2D eigenvalue weighted by molar-refractivity contribution is -0.152. The predicted molar refractivity (Wildman–Crippen MR) is 312 cm³/mol. The number of nitrogens with zero attached hydrogens (tertiary/aromatic N) is 1. The average molecular weight is 1260 g/mol. The molecule has 0 aliphatic heterocycles. The van der Waals surface area contributed by atoms with Crippen molar-refractivity contribution in [1.82, 2.24) is 41.8 Å². The van der Waals surface area contributed by atoms with Crippen LogP contribution in [0.1, 0.15) is 61.6 Å². The summed E-state index contributed by atoms with van der Waals surface area (Å²) in [5.41, 5.74) is 13.1. The van der Waals surface area contributed by atoms with Gasteiger partial charge in [0.15, 0.2) is 0 Å². The summed E-state index contributed by atoms with van der Waals surface area (Å²) >= 11 is 2.46. The van der Waals surface area contributed by atoms with Crippen LogP contribution in [0.4, 0.5) is 0 Å². The number of hydrogen-bond acceptors (Lipinski definition) is 18. The maximum atomic E-state index is 15.0. The van der Waals surface area contributed by atoms with Crippen molar-refractivity contribution in [2.24, 2.45) is 11.5 Å². The number of aromatic amines is 1. The Morgan fingerprint density at radius 3 is 1.71 bits per heavy atom. The Morgan fingerprint density at radius 2 is 1.12 bits per heavy atom. The molecule has 29 nitrogen and oxygen atoms in total. The molecule has 0 aliphatic carbocycles. The monoisotopic (exact) mass is 1260 g/mol. The topological polar surface area (TPSA) is 472 Å². The number of benzene rings is 3. The van der Waals surface area contributed by atoms with Gasteiger partial charge in [-0.1, -0.05) is 60.7 Å². The zero-order valence-corrected chi connectivity index (χ0v) is 49.0. The van der Waals surface area contributed by atoms with Gasteiger partial charge in [0.05, 0.1) is 25.4 Å². The van der Waals surface area contributed by atoms with Gasteiger partial charge in [-0.15, -0.1) is 0 Å². The molecule has 86 heavy (non-hydrogen) atoms. The Morgan fingerprint density at radius 1 is 0.593 bits per heavy atom. The van der Waals surface area contributed by atoms with Gasteiger partial charge in [-0.3, -0.25) is 67.0 Å². The number of rotatable bonds is 37. The van der Waals surface area contributed by atoms with Crippen LogP contribution in [-0.2, 0) is 87.2 Å². The largest absolute Gasteiger partial charge is 0.481 e. The second kappa shape index (κ2) is 34.4. The molecular weight excluding hydrogens is 1190 g/mol. The molecule has 0 spiro atoms. The highest BCUT2D eigenvalue weighted by molar-refractivity contribution is 7.98. The molecule has 1 heterocycles. The number of thioether (sulfide) groups is 2. The van der Waals surface area contributed by atoms with Crippen molar-refractivity contribution in [2.45, 2.75) is 107 Å². The molecule has 0 saturated heterocycles. The van der Waals surface area contributed by atoms with Crippen molar-refractivity contribution in [2.75, 3.05) is 30.6 Å². The number of carbonyl (C=O) groups excluding carboxylic acids is 9. The summed E-state index contributed by atoms with van der Waals surface area (Å²) in [6, 6.07) is 8.38. The summed E-state index contributed by atoms with van der Waals surface area (Å²) in [5, 5.41) is 43.6. The molecule has 7 atom stereocenters. The van der Waals surface area contributed by atoms with Gasteiger partial charge < -0.3 is 67.9 Å². The number of H-pyrrole nitrogens is 1. The Labute approximate surface area is 501 Å². The third-order valence-corrected chi connectivity index (χ3v) is 14.5. The fraction of sp³-hybridized carbons (Fsp3) is 0.407. The van der Waals surface area contributed by atoms with Crippen LogP contribution in [0.5, 0.6) is 5.75 Å². The number of imide groups is 1. The number of hydrogen-bond donors (Lipinski definition) is 13. The third-order valence-electron chi connectivity index (χ3n) is 12.8. The number of carbonyl (C=O) groups is 12. The van der Waals surface area contributed by atoms with Gasteiger partial charge in [0, 0.05) is 49.2 Å². The number of amides is 9. The van der Waals surface area contributed by atoms with E-state index in [4.69, 9.17) is 16.0 Å². The summed E-state index contributed by atoms with van der Waals surface area (Å²) in [6.45, 7) is -1.06. The van der Waals surface area contributed by atoms with Gasteiger partial charge in [0.25, 0.3) is 0 Å². The molecule has 0 saturated carbocycles. The Balaban J connectivity index is 1.71. The average Bonchev–Trinajstić information content (AvgIpc) is 2.33. The number of nitrogens with two attached hydrogens (primary N) is 2. The minimum Gasteiger partial charge on any atom is -0.481 e. The maximum Gasteiger partial charge on any atom is 0.446 e. The van der Waals surface area contributed by atoms with E-state index >= 15 is 4.79 Å². The van der Waals surface area contributed by atoms with Gasteiger partial charge >= 0.3 is 28.3 Å². The van der Waals surface area contributed by atoms with Crippen LogP contribution in [-0.4, -0.2) is 182 Å². The Bertz CT molecular complexity index is 3190. The molecule has 4 aromatic rings. The predicted octanol–water partition coefficient (Wildman–Crippen LogP) is -0.836. The van der Waals surface area contributed by atoms with E-state index in [2.05, 4.69) is 41.1 Å². The van der Waals surface area contributed by atoms with E-state index < -0.39 is 162 Å². The number of carboxylic acid groups (broad SMARTS) is 3. The highest BCUT2D eigenvalue weighted by Crippen LogP contribution is 2.23. The van der Waals surface area contributed by atoms with E-state index in [9.17, 15) is 76.5 Å². The summed E-state index contributed by atoms with van der Waals surface area (Å²) in [5.74, 6) is -14.1. The molecule has 1 aromatic heterocycles. The van der Waals surface area contributed by atoms with Crippen molar-refractivity contribution in [3.8, 4) is 5.75 Å². The summed E-state index contributed by atoms with van der Waals surface area (Å²) in [6.07, 6.45) is 0.166. The van der Waals surface area contributed by atoms with E-state index in [1.807, 2.05) is 0 Å². The second-order valence-electron chi connectivity index (χ2n) is 19.3. The zero-order chi connectivity index (χ0) is 63.7. The van der Waals surface area contributed by atoms with E-state index in [0.29, 0.717) is 26.9 Å². The molecule has 0 fully saturated rings. The third kappa shape index (κ3) is 23.5. The highest BCUT2D eigenvalue weighted by Gasteiger charge is 2.39. The lowest BCUT2D eigenvalue weighted by atomic mass is 10.0. The first-order valence-corrected chi connectivity index (χ1v) is 30.5. The van der Waals surface area contributed by atoms with E-state index in [-0.39, 0.29) is 54.9 Å². The van der Waals surface area contributed by atoms with E-state index in [1.165, 1.54) is 41.9 Å². The molecule has 3 aromatic carbocycles. The van der Waals surface area contributed by atoms with Crippen LogP contribution in [0, 0.1) is 0 Å². The minimum absolute atomic E-state index is 0.0966. The Kier molecular flexibility index (Phi) is 27.9. The first-order valence-electron chi connectivity index (χ1n) is 26.4. The van der Waals surface area contributed by atoms with Crippen molar-refractivity contribution in [3.63, 3.8) is 0 Å². The fourth-order valence-electron chi connectivity index (χ4n) is 8.54.